The Morgan fingerprint density at radius 1 is 1.38 bits per heavy atom. The molecule has 0 saturated carbocycles. The summed E-state index contributed by atoms with van der Waals surface area (Å²) in [6, 6.07) is 3.90. The molecule has 0 bridgehead atoms. The monoisotopic (exact) mass is 234 g/mol. The first kappa shape index (κ1) is 10.2. The Kier molecular flexibility index (Phi) is 2.21. The molecule has 16 heavy (non-hydrogen) atoms. The summed E-state index contributed by atoms with van der Waals surface area (Å²) in [6.07, 6.45) is 4.32. The van der Waals surface area contributed by atoms with E-state index in [-0.39, 0.29) is 0 Å². The summed E-state index contributed by atoms with van der Waals surface area (Å²) in [4.78, 5) is 4.70. The first-order valence-electron chi connectivity index (χ1n) is 5.81. The van der Waals surface area contributed by atoms with Crippen molar-refractivity contribution < 1.29 is 0 Å². The second kappa shape index (κ2) is 3.49. The minimum Gasteiger partial charge on any atom is -0.302 e. The number of aromatic nitrogens is 2. The van der Waals surface area contributed by atoms with Crippen LogP contribution < -0.4 is 0 Å². The van der Waals surface area contributed by atoms with E-state index in [0.717, 1.165) is 23.0 Å². The molecule has 84 valence electrons. The normalized spacial score (nSPS) is 24.7. The summed E-state index contributed by atoms with van der Waals surface area (Å²) >= 11 is 6.05. The molecule has 0 spiro atoms. The van der Waals surface area contributed by atoms with Crippen molar-refractivity contribution in [2.45, 2.75) is 32.6 Å². The van der Waals surface area contributed by atoms with Gasteiger partial charge in [-0.05, 0) is 36.8 Å². The van der Waals surface area contributed by atoms with Crippen LogP contribution in [0.15, 0.2) is 18.3 Å². The maximum atomic E-state index is 6.05. The minimum atomic E-state index is 0.576. The van der Waals surface area contributed by atoms with Crippen LogP contribution in [0.3, 0.4) is 0 Å². The highest BCUT2D eigenvalue weighted by Gasteiger charge is 2.26. The quantitative estimate of drug-likeness (QED) is 0.680. The molecule has 2 nitrogen and oxygen atoms in total. The van der Waals surface area contributed by atoms with Crippen LogP contribution in [0.4, 0.5) is 0 Å². The summed E-state index contributed by atoms with van der Waals surface area (Å²) in [7, 11) is 0. The molecule has 1 aliphatic carbocycles. The van der Waals surface area contributed by atoms with Gasteiger partial charge in [0.25, 0.3) is 0 Å². The molecule has 2 heterocycles. The summed E-state index contributed by atoms with van der Waals surface area (Å²) in [5.74, 6) is 1.31. The van der Waals surface area contributed by atoms with Gasteiger partial charge < -0.3 is 4.40 Å². The average Bonchev–Trinajstić information content (AvgIpc) is 2.54. The third kappa shape index (κ3) is 1.44. The molecule has 0 amide bonds. The molecule has 0 saturated heterocycles. The van der Waals surface area contributed by atoms with Gasteiger partial charge in [0.1, 0.15) is 5.65 Å². The number of fused-ring (bicyclic) bond motifs is 3. The Balaban J connectivity index is 2.27. The Hall–Kier alpha value is -1.02. The molecule has 2 atom stereocenters. The molecule has 3 heteroatoms. The van der Waals surface area contributed by atoms with Crippen LogP contribution in [-0.2, 0) is 6.42 Å². The van der Waals surface area contributed by atoms with Crippen LogP contribution >= 0.6 is 11.6 Å². The molecule has 0 aliphatic heterocycles. The van der Waals surface area contributed by atoms with E-state index in [1.807, 2.05) is 18.3 Å². The zero-order valence-electron chi connectivity index (χ0n) is 9.57. The Bertz CT molecular complexity index is 544. The molecule has 2 aromatic rings. The Morgan fingerprint density at radius 3 is 3.00 bits per heavy atom. The van der Waals surface area contributed by atoms with E-state index in [9.17, 15) is 0 Å². The average molecular weight is 235 g/mol. The van der Waals surface area contributed by atoms with Gasteiger partial charge in [-0.25, -0.2) is 4.98 Å². The molecular formula is C13H15ClN2. The van der Waals surface area contributed by atoms with Crippen LogP contribution in [0, 0.1) is 5.92 Å². The van der Waals surface area contributed by atoms with Crippen molar-refractivity contribution in [3.63, 3.8) is 0 Å². The number of nitrogens with zero attached hydrogens (tertiary/aromatic N) is 2. The van der Waals surface area contributed by atoms with Gasteiger partial charge in [-0.1, -0.05) is 25.4 Å². The Morgan fingerprint density at radius 2 is 2.19 bits per heavy atom. The highest BCUT2D eigenvalue weighted by atomic mass is 35.5. The van der Waals surface area contributed by atoms with Crippen molar-refractivity contribution in [2.75, 3.05) is 0 Å². The number of hydrogen-bond acceptors (Lipinski definition) is 1. The lowest BCUT2D eigenvalue weighted by atomic mass is 9.84. The number of pyridine rings is 1. The van der Waals surface area contributed by atoms with Crippen molar-refractivity contribution >= 4 is 17.2 Å². The second-order valence-corrected chi connectivity index (χ2v) is 5.40. The molecule has 2 aromatic heterocycles. The molecule has 2 unspecified atom stereocenters. The van der Waals surface area contributed by atoms with Crippen LogP contribution in [0.5, 0.6) is 0 Å². The topological polar surface area (TPSA) is 17.3 Å². The highest BCUT2D eigenvalue weighted by molar-refractivity contribution is 6.30. The van der Waals surface area contributed by atoms with E-state index in [1.54, 1.807) is 0 Å². The van der Waals surface area contributed by atoms with E-state index < -0.39 is 0 Å². The van der Waals surface area contributed by atoms with Gasteiger partial charge in [0.2, 0.25) is 0 Å². The fourth-order valence-corrected chi connectivity index (χ4v) is 3.05. The van der Waals surface area contributed by atoms with Gasteiger partial charge in [0.05, 0.1) is 10.7 Å². The lowest BCUT2D eigenvalue weighted by molar-refractivity contribution is 0.437. The summed E-state index contributed by atoms with van der Waals surface area (Å²) < 4.78 is 2.16. The molecule has 3 rings (SSSR count). The Labute approximate surface area is 100 Å². The van der Waals surface area contributed by atoms with Crippen molar-refractivity contribution in [3.05, 3.63) is 34.7 Å². The summed E-state index contributed by atoms with van der Waals surface area (Å²) in [5, 5.41) is 0.776. The van der Waals surface area contributed by atoms with Gasteiger partial charge in [-0.2, -0.15) is 0 Å². The lowest BCUT2D eigenvalue weighted by Crippen LogP contribution is -2.15. The van der Waals surface area contributed by atoms with Crippen molar-refractivity contribution in [1.29, 1.82) is 0 Å². The molecule has 0 aromatic carbocycles. The van der Waals surface area contributed by atoms with Gasteiger partial charge in [0, 0.05) is 11.9 Å². The van der Waals surface area contributed by atoms with Gasteiger partial charge in [0.15, 0.2) is 0 Å². The zero-order valence-corrected chi connectivity index (χ0v) is 10.3. The fraction of sp³-hybridized carbons (Fsp3) is 0.462. The van der Waals surface area contributed by atoms with Crippen molar-refractivity contribution in [2.24, 2.45) is 5.92 Å². The predicted molar refractivity (Wildman–Crippen MR) is 66.1 cm³/mol. The number of hydrogen-bond donors (Lipinski definition) is 0. The maximum absolute atomic E-state index is 6.05. The van der Waals surface area contributed by atoms with E-state index in [2.05, 4.69) is 18.2 Å². The lowest BCUT2D eigenvalue weighted by Gasteiger charge is -2.23. The fourth-order valence-electron chi connectivity index (χ4n) is 2.89. The molecular weight excluding hydrogens is 220 g/mol. The first-order valence-corrected chi connectivity index (χ1v) is 6.19. The smallest absolute Gasteiger partial charge is 0.137 e. The number of halogens is 1. The number of imidazole rings is 1. The van der Waals surface area contributed by atoms with E-state index in [0.29, 0.717) is 5.92 Å². The molecule has 0 fully saturated rings. The zero-order chi connectivity index (χ0) is 11.3. The van der Waals surface area contributed by atoms with E-state index in [4.69, 9.17) is 16.6 Å². The first-order chi connectivity index (χ1) is 7.65. The van der Waals surface area contributed by atoms with E-state index >= 15 is 0 Å². The largest absolute Gasteiger partial charge is 0.302 e. The molecule has 0 N–H and O–H groups in total. The third-order valence-electron chi connectivity index (χ3n) is 3.46. The summed E-state index contributed by atoms with van der Waals surface area (Å²) in [5.41, 5.74) is 3.64. The van der Waals surface area contributed by atoms with Gasteiger partial charge >= 0.3 is 0 Å². The van der Waals surface area contributed by atoms with Gasteiger partial charge in [-0.15, -0.1) is 0 Å². The standard InChI is InChI=1S/C13H15ClN2/c1-8-5-9(2)13-11(6-8)15-12-4-3-10(14)7-16(12)13/h3-4,7-9H,5-6H2,1-2H3. The van der Waals surface area contributed by atoms with Crippen LogP contribution in [0.2, 0.25) is 5.02 Å². The highest BCUT2D eigenvalue weighted by Crippen LogP contribution is 2.34. The number of rotatable bonds is 0. The predicted octanol–water partition coefficient (Wildman–Crippen LogP) is 3.67. The molecule has 1 aliphatic rings. The third-order valence-corrected chi connectivity index (χ3v) is 3.68. The van der Waals surface area contributed by atoms with Crippen molar-refractivity contribution in [3.8, 4) is 0 Å². The van der Waals surface area contributed by atoms with E-state index in [1.165, 1.54) is 17.8 Å². The van der Waals surface area contributed by atoms with Crippen molar-refractivity contribution in [1.82, 2.24) is 9.38 Å². The van der Waals surface area contributed by atoms with Crippen LogP contribution in [0.25, 0.3) is 5.65 Å². The SMILES string of the molecule is CC1Cc2nc3ccc(Cl)cn3c2C(C)C1. The van der Waals surface area contributed by atoms with Gasteiger partial charge in [-0.3, -0.25) is 0 Å². The van der Waals surface area contributed by atoms with Crippen LogP contribution in [0.1, 0.15) is 37.6 Å². The molecule has 0 radical (unpaired) electrons. The van der Waals surface area contributed by atoms with Crippen LogP contribution in [-0.4, -0.2) is 9.38 Å². The summed E-state index contributed by atoms with van der Waals surface area (Å²) in [6.45, 7) is 4.58. The maximum Gasteiger partial charge on any atom is 0.137 e. The minimum absolute atomic E-state index is 0.576. The second-order valence-electron chi connectivity index (χ2n) is 4.97.